The van der Waals surface area contributed by atoms with Crippen LogP contribution in [0, 0.1) is 5.82 Å². The molecule has 1 unspecified atom stereocenters. The molecule has 1 saturated heterocycles. The molecule has 1 atom stereocenters. The number of hydrogen-bond donors (Lipinski definition) is 2. The van der Waals surface area contributed by atoms with Crippen molar-refractivity contribution >= 4 is 17.6 Å². The van der Waals surface area contributed by atoms with Crippen LogP contribution in [0.3, 0.4) is 0 Å². The zero-order chi connectivity index (χ0) is 16.4. The van der Waals surface area contributed by atoms with Crippen LogP contribution in [0.2, 0.25) is 0 Å². The van der Waals surface area contributed by atoms with Crippen molar-refractivity contribution in [3.05, 3.63) is 41.7 Å². The highest BCUT2D eigenvalue weighted by Gasteiger charge is 2.29. The topological polar surface area (TPSA) is 61.4 Å². The van der Waals surface area contributed by atoms with E-state index in [4.69, 9.17) is 0 Å². The average Bonchev–Trinajstić information content (AvgIpc) is 2.94. The second-order valence-electron chi connectivity index (χ2n) is 6.28. The molecule has 0 saturated carbocycles. The molecule has 3 amide bonds. The molecule has 6 heteroatoms. The lowest BCUT2D eigenvalue weighted by molar-refractivity contribution is 0.0896. The minimum atomic E-state index is -0.583. The van der Waals surface area contributed by atoms with Gasteiger partial charge in [0.2, 0.25) is 0 Å². The summed E-state index contributed by atoms with van der Waals surface area (Å²) in [7, 11) is 0. The van der Waals surface area contributed by atoms with Crippen molar-refractivity contribution in [3.8, 4) is 0 Å². The van der Waals surface area contributed by atoms with Crippen molar-refractivity contribution in [2.45, 2.75) is 31.7 Å². The molecule has 1 heterocycles. The molecule has 23 heavy (non-hydrogen) atoms. The van der Waals surface area contributed by atoms with E-state index in [2.05, 4.69) is 16.7 Å². The Bertz CT molecular complexity index is 674. The van der Waals surface area contributed by atoms with E-state index in [9.17, 15) is 14.0 Å². The fraction of sp³-hybridized carbons (Fsp3) is 0.412. The van der Waals surface area contributed by atoms with Crippen molar-refractivity contribution in [1.29, 1.82) is 0 Å². The number of benzene rings is 1. The smallest absolute Gasteiger partial charge is 0.321 e. The van der Waals surface area contributed by atoms with E-state index >= 15 is 0 Å². The van der Waals surface area contributed by atoms with Crippen molar-refractivity contribution in [3.63, 3.8) is 0 Å². The Morgan fingerprint density at radius 1 is 1.39 bits per heavy atom. The highest BCUT2D eigenvalue weighted by Crippen LogP contribution is 2.25. The number of rotatable bonds is 3. The lowest BCUT2D eigenvalue weighted by Crippen LogP contribution is -2.46. The molecule has 122 valence electrons. The number of urea groups is 1. The molecule has 0 aromatic heterocycles. The zero-order valence-corrected chi connectivity index (χ0v) is 13.1. The van der Waals surface area contributed by atoms with Crippen LogP contribution in [0.15, 0.2) is 30.4 Å². The fourth-order valence-corrected chi connectivity index (χ4v) is 2.99. The fourth-order valence-electron chi connectivity index (χ4n) is 2.99. The van der Waals surface area contributed by atoms with Crippen LogP contribution in [0.5, 0.6) is 0 Å². The first-order valence-electron chi connectivity index (χ1n) is 7.81. The number of allylic oxidation sites excluding steroid dienone is 1. The molecule has 0 spiro atoms. The normalized spacial score (nSPS) is 23.7. The Morgan fingerprint density at radius 3 is 2.87 bits per heavy atom. The molecular formula is C17H20FN3O2. The molecule has 5 nitrogen and oxygen atoms in total. The summed E-state index contributed by atoms with van der Waals surface area (Å²) in [5.74, 6) is -1.03. The lowest BCUT2D eigenvalue weighted by atomic mass is 9.87. The van der Waals surface area contributed by atoms with Gasteiger partial charge in [0.25, 0.3) is 5.91 Å². The predicted molar refractivity (Wildman–Crippen MR) is 86.0 cm³/mol. The summed E-state index contributed by atoms with van der Waals surface area (Å²) in [6, 6.07) is 3.96. The van der Waals surface area contributed by atoms with Gasteiger partial charge in [-0.15, -0.1) is 0 Å². The summed E-state index contributed by atoms with van der Waals surface area (Å²) in [6.07, 6.45) is 6.57. The van der Waals surface area contributed by atoms with Gasteiger partial charge in [0.15, 0.2) is 0 Å². The summed E-state index contributed by atoms with van der Waals surface area (Å²) in [5, 5.41) is 5.62. The van der Waals surface area contributed by atoms with Gasteiger partial charge in [-0.25, -0.2) is 9.18 Å². The van der Waals surface area contributed by atoms with Crippen LogP contribution in [0.25, 0.3) is 0 Å². The number of carbonyl (C=O) groups excluding carboxylic acids is 2. The molecule has 2 N–H and O–H groups in total. The summed E-state index contributed by atoms with van der Waals surface area (Å²) in [4.78, 5) is 25.7. The summed E-state index contributed by atoms with van der Waals surface area (Å²) < 4.78 is 14.1. The number of anilines is 1. The van der Waals surface area contributed by atoms with Gasteiger partial charge in [0, 0.05) is 24.3 Å². The van der Waals surface area contributed by atoms with Crippen LogP contribution in [0.4, 0.5) is 14.9 Å². The third-order valence-corrected chi connectivity index (χ3v) is 4.38. The molecule has 1 aromatic carbocycles. The number of halogens is 1. The van der Waals surface area contributed by atoms with Crippen LogP contribution in [-0.2, 0) is 0 Å². The van der Waals surface area contributed by atoms with Crippen molar-refractivity contribution < 1.29 is 14.0 Å². The molecule has 3 rings (SSSR count). The quantitative estimate of drug-likeness (QED) is 0.842. The summed E-state index contributed by atoms with van der Waals surface area (Å²) in [5.41, 5.74) is 0.137. The van der Waals surface area contributed by atoms with E-state index in [1.54, 1.807) is 0 Å². The Labute approximate surface area is 134 Å². The molecule has 1 aromatic rings. The van der Waals surface area contributed by atoms with E-state index < -0.39 is 11.7 Å². The second kappa shape index (κ2) is 6.02. The number of amides is 3. The monoisotopic (exact) mass is 317 g/mol. The Hall–Kier alpha value is -2.37. The van der Waals surface area contributed by atoms with E-state index in [1.165, 1.54) is 23.1 Å². The van der Waals surface area contributed by atoms with Crippen LogP contribution < -0.4 is 15.5 Å². The lowest BCUT2D eigenvalue weighted by Gasteiger charge is -2.32. The molecule has 2 aliphatic rings. The maximum atomic E-state index is 14.1. The van der Waals surface area contributed by atoms with E-state index in [0.717, 1.165) is 19.3 Å². The van der Waals surface area contributed by atoms with E-state index in [1.807, 2.05) is 13.0 Å². The van der Waals surface area contributed by atoms with Gasteiger partial charge in [-0.3, -0.25) is 9.69 Å². The van der Waals surface area contributed by atoms with Crippen LogP contribution in [0.1, 0.15) is 36.5 Å². The molecular weight excluding hydrogens is 297 g/mol. The first-order valence-corrected chi connectivity index (χ1v) is 7.81. The van der Waals surface area contributed by atoms with Gasteiger partial charge in [-0.1, -0.05) is 12.2 Å². The predicted octanol–water partition coefficient (Wildman–Crippen LogP) is 2.58. The summed E-state index contributed by atoms with van der Waals surface area (Å²) >= 11 is 0. The number of hydrogen-bond acceptors (Lipinski definition) is 2. The first kappa shape index (κ1) is 15.5. The SMILES string of the molecule is CC1(NC(=O)c2cc(N3CCNC3=O)ccc2F)CC=CCC1. The molecule has 0 radical (unpaired) electrons. The van der Waals surface area contributed by atoms with Crippen LogP contribution >= 0.6 is 0 Å². The standard InChI is InChI=1S/C17H20FN3O2/c1-17(7-3-2-4-8-17)20-15(22)13-11-12(5-6-14(13)18)21-10-9-19-16(21)23/h2-3,5-6,11H,4,7-10H2,1H3,(H,19,23)(H,20,22). The van der Waals surface area contributed by atoms with Crippen LogP contribution in [-0.4, -0.2) is 30.6 Å². The average molecular weight is 317 g/mol. The van der Waals surface area contributed by atoms with E-state index in [-0.39, 0.29) is 17.1 Å². The van der Waals surface area contributed by atoms with Gasteiger partial charge in [-0.2, -0.15) is 0 Å². The molecule has 1 aliphatic heterocycles. The third kappa shape index (κ3) is 3.21. The molecule has 1 fully saturated rings. The van der Waals surface area contributed by atoms with Gasteiger partial charge in [0.1, 0.15) is 5.82 Å². The minimum Gasteiger partial charge on any atom is -0.346 e. The maximum Gasteiger partial charge on any atom is 0.321 e. The van der Waals surface area contributed by atoms with Gasteiger partial charge < -0.3 is 10.6 Å². The van der Waals surface area contributed by atoms with E-state index in [0.29, 0.717) is 18.8 Å². The number of carbonyl (C=O) groups is 2. The zero-order valence-electron chi connectivity index (χ0n) is 13.1. The molecule has 0 bridgehead atoms. The highest BCUT2D eigenvalue weighted by atomic mass is 19.1. The maximum absolute atomic E-state index is 14.1. The second-order valence-corrected chi connectivity index (χ2v) is 6.28. The Balaban J connectivity index is 1.82. The summed E-state index contributed by atoms with van der Waals surface area (Å²) in [6.45, 7) is 3.01. The Morgan fingerprint density at radius 2 is 2.22 bits per heavy atom. The largest absolute Gasteiger partial charge is 0.346 e. The van der Waals surface area contributed by atoms with Crippen molar-refractivity contribution in [2.24, 2.45) is 0 Å². The minimum absolute atomic E-state index is 0.0296. The third-order valence-electron chi connectivity index (χ3n) is 4.38. The highest BCUT2D eigenvalue weighted by molar-refractivity contribution is 5.99. The van der Waals surface area contributed by atoms with Gasteiger partial charge >= 0.3 is 6.03 Å². The Kier molecular flexibility index (Phi) is 4.07. The van der Waals surface area contributed by atoms with Crippen molar-refractivity contribution in [2.75, 3.05) is 18.0 Å². The number of nitrogens with one attached hydrogen (secondary N) is 2. The van der Waals surface area contributed by atoms with Crippen molar-refractivity contribution in [1.82, 2.24) is 10.6 Å². The number of nitrogens with zero attached hydrogens (tertiary/aromatic N) is 1. The first-order chi connectivity index (χ1) is 11.0. The molecule has 1 aliphatic carbocycles. The van der Waals surface area contributed by atoms with Gasteiger partial charge in [-0.05, 0) is 44.4 Å². The van der Waals surface area contributed by atoms with Gasteiger partial charge in [0.05, 0.1) is 5.56 Å².